The lowest BCUT2D eigenvalue weighted by molar-refractivity contribution is -0.167. The fourth-order valence-electron chi connectivity index (χ4n) is 6.15. The van der Waals surface area contributed by atoms with Gasteiger partial charge in [-0.1, -0.05) is 194 Å². The van der Waals surface area contributed by atoms with Crippen LogP contribution in [0.2, 0.25) is 0 Å². The van der Waals surface area contributed by atoms with Crippen LogP contribution in [-0.4, -0.2) is 37.2 Å². The lowest BCUT2D eigenvalue weighted by atomic mass is 10.0. The van der Waals surface area contributed by atoms with E-state index in [0.29, 0.717) is 19.3 Å². The number of unbranched alkanes of at least 4 members (excludes halogenated alkanes) is 27. The molecule has 0 N–H and O–H groups in total. The molecule has 0 aliphatic carbocycles. The van der Waals surface area contributed by atoms with Gasteiger partial charge in [-0.2, -0.15) is 0 Å². The average Bonchev–Trinajstić information content (AvgIpc) is 3.08. The Kier molecular flexibility index (Phi) is 36.9. The van der Waals surface area contributed by atoms with E-state index in [2.05, 4.69) is 20.8 Å². The second-order valence-electron chi connectivity index (χ2n) is 14.3. The van der Waals surface area contributed by atoms with Gasteiger partial charge in [0, 0.05) is 19.3 Å². The van der Waals surface area contributed by atoms with Crippen molar-refractivity contribution >= 4 is 17.9 Å². The van der Waals surface area contributed by atoms with Gasteiger partial charge in [-0.05, 0) is 19.3 Å². The van der Waals surface area contributed by atoms with Crippen LogP contribution in [0.25, 0.3) is 0 Å². The number of rotatable bonds is 38. The van der Waals surface area contributed by atoms with E-state index in [9.17, 15) is 14.4 Å². The van der Waals surface area contributed by atoms with Crippen molar-refractivity contribution < 1.29 is 28.6 Å². The number of hydrogen-bond acceptors (Lipinski definition) is 6. The van der Waals surface area contributed by atoms with Gasteiger partial charge in [0.1, 0.15) is 13.2 Å². The molecule has 0 spiro atoms. The summed E-state index contributed by atoms with van der Waals surface area (Å²) in [4.78, 5) is 37.4. The number of carbonyl (C=O) groups excluding carboxylic acids is 3. The van der Waals surface area contributed by atoms with Crippen LogP contribution >= 0.6 is 0 Å². The molecule has 0 rings (SSSR count). The summed E-state index contributed by atoms with van der Waals surface area (Å²) in [6.07, 6.45) is 36.6. The van der Waals surface area contributed by atoms with Gasteiger partial charge in [-0.3, -0.25) is 14.4 Å². The lowest BCUT2D eigenvalue weighted by Crippen LogP contribution is -2.30. The molecule has 0 heterocycles. The fraction of sp³-hybridized carbons (Fsp3) is 0.929. The van der Waals surface area contributed by atoms with Crippen molar-refractivity contribution in [2.45, 2.75) is 239 Å². The third kappa shape index (κ3) is 35.7. The van der Waals surface area contributed by atoms with Crippen LogP contribution in [-0.2, 0) is 28.6 Å². The van der Waals surface area contributed by atoms with E-state index in [1.807, 2.05) is 0 Å². The average molecular weight is 681 g/mol. The SMILES string of the molecule is CCCCCCCCCCCCCCCC(=O)OC[C@H](COC(=O)CCCCCCCCCCCC)OC(=O)CCCCCCCCC. The molecular weight excluding hydrogens is 600 g/mol. The summed E-state index contributed by atoms with van der Waals surface area (Å²) in [7, 11) is 0. The zero-order valence-corrected chi connectivity index (χ0v) is 32.3. The summed E-state index contributed by atoms with van der Waals surface area (Å²) in [5, 5.41) is 0. The molecule has 0 aromatic heterocycles. The molecule has 0 fully saturated rings. The van der Waals surface area contributed by atoms with Gasteiger partial charge >= 0.3 is 17.9 Å². The molecular formula is C42H80O6. The van der Waals surface area contributed by atoms with Crippen LogP contribution in [0.5, 0.6) is 0 Å². The predicted molar refractivity (Wildman–Crippen MR) is 201 cm³/mol. The Bertz CT molecular complexity index is 708. The highest BCUT2D eigenvalue weighted by atomic mass is 16.6. The van der Waals surface area contributed by atoms with Crippen molar-refractivity contribution in [2.75, 3.05) is 13.2 Å². The summed E-state index contributed by atoms with van der Waals surface area (Å²) in [5.74, 6) is -0.865. The van der Waals surface area contributed by atoms with Crippen molar-refractivity contribution in [3.05, 3.63) is 0 Å². The minimum Gasteiger partial charge on any atom is -0.462 e. The quantitative estimate of drug-likeness (QED) is 0.0367. The molecule has 0 saturated heterocycles. The molecule has 0 bridgehead atoms. The summed E-state index contributed by atoms with van der Waals surface area (Å²) in [6.45, 7) is 6.58. The van der Waals surface area contributed by atoms with Crippen LogP contribution in [0, 0.1) is 0 Å². The first-order valence-corrected chi connectivity index (χ1v) is 21.0. The molecule has 0 aliphatic heterocycles. The first-order chi connectivity index (χ1) is 23.5. The highest BCUT2D eigenvalue weighted by molar-refractivity contribution is 5.71. The van der Waals surface area contributed by atoms with E-state index in [-0.39, 0.29) is 31.1 Å². The maximum absolute atomic E-state index is 12.6. The highest BCUT2D eigenvalue weighted by Crippen LogP contribution is 2.15. The molecule has 6 heteroatoms. The van der Waals surface area contributed by atoms with E-state index >= 15 is 0 Å². The van der Waals surface area contributed by atoms with Gasteiger partial charge in [0.2, 0.25) is 0 Å². The Balaban J connectivity index is 4.26. The van der Waals surface area contributed by atoms with Crippen LogP contribution in [0.3, 0.4) is 0 Å². The third-order valence-electron chi connectivity index (χ3n) is 9.36. The van der Waals surface area contributed by atoms with Gasteiger partial charge in [0.25, 0.3) is 0 Å². The maximum atomic E-state index is 12.6. The van der Waals surface area contributed by atoms with Gasteiger partial charge in [-0.15, -0.1) is 0 Å². The zero-order chi connectivity index (χ0) is 35.2. The molecule has 0 amide bonds. The monoisotopic (exact) mass is 681 g/mol. The van der Waals surface area contributed by atoms with Crippen molar-refractivity contribution in [2.24, 2.45) is 0 Å². The third-order valence-corrected chi connectivity index (χ3v) is 9.36. The summed E-state index contributed by atoms with van der Waals surface area (Å²) in [6, 6.07) is 0. The topological polar surface area (TPSA) is 78.9 Å². The standard InChI is InChI=1S/C42H80O6/c1-4-7-10-13-16-18-20-21-22-24-27-29-32-35-41(44)47-38-39(48-42(45)36-33-30-25-15-12-9-6-3)37-46-40(43)34-31-28-26-23-19-17-14-11-8-5-2/h39H,4-38H2,1-3H3/t39-/m0/s1. The van der Waals surface area contributed by atoms with Crippen molar-refractivity contribution in [3.8, 4) is 0 Å². The predicted octanol–water partition coefficient (Wildman–Crippen LogP) is 12.9. The molecule has 0 aromatic rings. The molecule has 1 atom stereocenters. The molecule has 0 aliphatic rings. The first kappa shape index (κ1) is 46.4. The van der Waals surface area contributed by atoms with Crippen LogP contribution < -0.4 is 0 Å². The Hall–Kier alpha value is -1.59. The van der Waals surface area contributed by atoms with E-state index in [1.54, 1.807) is 0 Å². The van der Waals surface area contributed by atoms with Crippen LogP contribution in [0.4, 0.5) is 0 Å². The van der Waals surface area contributed by atoms with Gasteiger partial charge in [0.05, 0.1) is 0 Å². The van der Waals surface area contributed by atoms with Crippen LogP contribution in [0.15, 0.2) is 0 Å². The van der Waals surface area contributed by atoms with E-state index in [4.69, 9.17) is 14.2 Å². The van der Waals surface area contributed by atoms with Gasteiger partial charge < -0.3 is 14.2 Å². The summed E-state index contributed by atoms with van der Waals surface area (Å²) >= 11 is 0. The molecule has 0 unspecified atom stereocenters. The Morgan fingerprint density at radius 3 is 0.833 bits per heavy atom. The molecule has 0 saturated carbocycles. The Morgan fingerprint density at radius 2 is 0.562 bits per heavy atom. The molecule has 48 heavy (non-hydrogen) atoms. The first-order valence-electron chi connectivity index (χ1n) is 21.0. The minimum atomic E-state index is -0.755. The van der Waals surface area contributed by atoms with E-state index in [1.165, 1.54) is 135 Å². The Labute approximate surface area is 298 Å². The minimum absolute atomic E-state index is 0.0639. The van der Waals surface area contributed by atoms with E-state index in [0.717, 1.165) is 57.8 Å². The molecule has 6 nitrogen and oxygen atoms in total. The van der Waals surface area contributed by atoms with E-state index < -0.39 is 6.10 Å². The largest absolute Gasteiger partial charge is 0.462 e. The number of esters is 3. The second-order valence-corrected chi connectivity index (χ2v) is 14.3. The number of ether oxygens (including phenoxy) is 3. The van der Waals surface area contributed by atoms with Crippen molar-refractivity contribution in [3.63, 3.8) is 0 Å². The maximum Gasteiger partial charge on any atom is 0.306 e. The van der Waals surface area contributed by atoms with Gasteiger partial charge in [0.15, 0.2) is 6.10 Å². The Morgan fingerprint density at radius 1 is 0.333 bits per heavy atom. The summed E-state index contributed by atoms with van der Waals surface area (Å²) in [5.41, 5.74) is 0. The fourth-order valence-corrected chi connectivity index (χ4v) is 6.15. The van der Waals surface area contributed by atoms with Crippen molar-refractivity contribution in [1.82, 2.24) is 0 Å². The molecule has 0 aromatic carbocycles. The molecule has 284 valence electrons. The lowest BCUT2D eigenvalue weighted by Gasteiger charge is -2.18. The molecule has 0 radical (unpaired) electrons. The zero-order valence-electron chi connectivity index (χ0n) is 32.3. The number of hydrogen-bond donors (Lipinski definition) is 0. The second kappa shape index (κ2) is 38.2. The summed E-state index contributed by atoms with van der Waals surface area (Å²) < 4.78 is 16.6. The normalized spacial score (nSPS) is 11.8. The smallest absolute Gasteiger partial charge is 0.306 e. The van der Waals surface area contributed by atoms with Gasteiger partial charge in [-0.25, -0.2) is 0 Å². The van der Waals surface area contributed by atoms with Crippen LogP contribution in [0.1, 0.15) is 233 Å². The van der Waals surface area contributed by atoms with Crippen molar-refractivity contribution in [1.29, 1.82) is 0 Å². The number of carbonyl (C=O) groups is 3. The highest BCUT2D eigenvalue weighted by Gasteiger charge is 2.19.